The molecular formula is C7H18O4Si4. The molecule has 0 spiro atoms. The first-order valence-electron chi connectivity index (χ1n) is 4.63. The molecule has 0 aromatic rings. The lowest BCUT2D eigenvalue weighted by molar-refractivity contribution is -0.377. The van der Waals surface area contributed by atoms with Crippen molar-refractivity contribution in [3.8, 4) is 0 Å². The highest BCUT2D eigenvalue weighted by molar-refractivity contribution is 6.50. The SMILES string of the molecule is C[Si](C)OC(O[Si])(O[Si](C)C)O[Si](C)C. The molecule has 0 atom stereocenters. The van der Waals surface area contributed by atoms with Crippen LogP contribution in [0, 0.1) is 0 Å². The zero-order valence-electron chi connectivity index (χ0n) is 10.1. The predicted octanol–water partition coefficient (Wildman–Crippen LogP) is 1.50. The van der Waals surface area contributed by atoms with Crippen LogP contribution in [0.15, 0.2) is 0 Å². The molecule has 0 saturated heterocycles. The van der Waals surface area contributed by atoms with Crippen LogP contribution in [0.3, 0.4) is 0 Å². The van der Waals surface area contributed by atoms with E-state index in [2.05, 4.69) is 10.5 Å². The van der Waals surface area contributed by atoms with Crippen molar-refractivity contribution in [2.45, 2.75) is 45.4 Å². The number of rotatable bonds is 7. The van der Waals surface area contributed by atoms with E-state index in [-0.39, 0.29) is 0 Å². The van der Waals surface area contributed by atoms with Gasteiger partial charge in [0.15, 0.2) is 0 Å². The van der Waals surface area contributed by atoms with Crippen molar-refractivity contribution in [2.24, 2.45) is 0 Å². The Morgan fingerprint density at radius 1 is 0.733 bits per heavy atom. The average Bonchev–Trinajstić information content (AvgIpc) is 1.99. The number of hydrogen-bond donors (Lipinski definition) is 0. The molecule has 0 heterocycles. The Hall–Kier alpha value is 0.708. The molecule has 0 fully saturated rings. The number of hydrogen-bond acceptors (Lipinski definition) is 4. The van der Waals surface area contributed by atoms with Gasteiger partial charge in [-0.2, -0.15) is 0 Å². The molecule has 0 aliphatic rings. The lowest BCUT2D eigenvalue weighted by Crippen LogP contribution is -2.49. The molecular weight excluding hydrogens is 260 g/mol. The zero-order chi connectivity index (χ0) is 12.1. The van der Waals surface area contributed by atoms with E-state index in [0.29, 0.717) is 0 Å². The fourth-order valence-electron chi connectivity index (χ4n) is 0.875. The van der Waals surface area contributed by atoms with Crippen molar-refractivity contribution in [1.82, 2.24) is 0 Å². The van der Waals surface area contributed by atoms with Crippen molar-refractivity contribution < 1.29 is 17.7 Å². The molecule has 0 rings (SSSR count). The van der Waals surface area contributed by atoms with Crippen molar-refractivity contribution in [2.75, 3.05) is 0 Å². The highest BCUT2D eigenvalue weighted by atomic mass is 28.3. The third-order valence-electron chi connectivity index (χ3n) is 1.11. The first kappa shape index (κ1) is 15.7. The minimum Gasteiger partial charge on any atom is -0.350 e. The maximum Gasteiger partial charge on any atom is 0.373 e. The highest BCUT2D eigenvalue weighted by Crippen LogP contribution is 2.20. The highest BCUT2D eigenvalue weighted by Gasteiger charge is 2.37. The predicted molar refractivity (Wildman–Crippen MR) is 65.3 cm³/mol. The molecule has 0 N–H and O–H groups in total. The summed E-state index contributed by atoms with van der Waals surface area (Å²) in [5.74, 6) is 0. The molecule has 0 saturated carbocycles. The van der Waals surface area contributed by atoms with Crippen molar-refractivity contribution in [3.05, 3.63) is 0 Å². The van der Waals surface area contributed by atoms with Crippen LogP contribution in [-0.2, 0) is 17.7 Å². The maximum atomic E-state index is 5.65. The lowest BCUT2D eigenvalue weighted by Gasteiger charge is -2.35. The summed E-state index contributed by atoms with van der Waals surface area (Å²) < 4.78 is 22.0. The molecule has 0 amide bonds. The van der Waals surface area contributed by atoms with Gasteiger partial charge in [-0.25, -0.2) is 0 Å². The first-order valence-corrected chi connectivity index (χ1v) is 12.3. The third kappa shape index (κ3) is 6.79. The summed E-state index contributed by atoms with van der Waals surface area (Å²) in [4.78, 5) is 0. The van der Waals surface area contributed by atoms with Gasteiger partial charge in [0, 0.05) is 0 Å². The van der Waals surface area contributed by atoms with Crippen LogP contribution in [0.1, 0.15) is 0 Å². The standard InChI is InChI=1S/C7H18O4Si4/c1-13(2)9-7(8-12,10-14(3)4)11-15(5)6/h1-6H3. The largest absolute Gasteiger partial charge is 0.373 e. The second-order valence-corrected chi connectivity index (χ2v) is 9.90. The van der Waals surface area contributed by atoms with Crippen molar-refractivity contribution >= 4 is 37.6 Å². The van der Waals surface area contributed by atoms with Gasteiger partial charge in [0.1, 0.15) is 0 Å². The van der Waals surface area contributed by atoms with Crippen molar-refractivity contribution in [1.29, 1.82) is 0 Å². The van der Waals surface area contributed by atoms with Gasteiger partial charge in [-0.3, -0.25) is 0 Å². The normalized spacial score (nSPS) is 13.2. The lowest BCUT2D eigenvalue weighted by atomic mass is 11.2. The Labute approximate surface area is 101 Å². The summed E-state index contributed by atoms with van der Waals surface area (Å²) in [5, 5.41) is 0. The summed E-state index contributed by atoms with van der Waals surface area (Å²) in [7, 11) is 0.0833. The van der Waals surface area contributed by atoms with Crippen LogP contribution in [0.2, 0.25) is 39.3 Å². The van der Waals surface area contributed by atoms with Gasteiger partial charge in [0.05, 0.1) is 0 Å². The minimum absolute atomic E-state index is 0.967. The molecule has 15 heavy (non-hydrogen) atoms. The van der Waals surface area contributed by atoms with E-state index in [4.69, 9.17) is 17.7 Å². The van der Waals surface area contributed by atoms with Crippen LogP contribution in [0.5, 0.6) is 0 Å². The fourth-order valence-corrected chi connectivity index (χ4v) is 3.38. The van der Waals surface area contributed by atoms with Gasteiger partial charge < -0.3 is 17.7 Å². The van der Waals surface area contributed by atoms with Gasteiger partial charge in [-0.05, 0) is 39.3 Å². The summed E-state index contributed by atoms with van der Waals surface area (Å²) in [6.45, 7) is 12.0. The Morgan fingerprint density at radius 2 is 1.00 bits per heavy atom. The Balaban J connectivity index is 4.59. The Morgan fingerprint density at radius 3 is 1.13 bits per heavy atom. The summed E-state index contributed by atoms with van der Waals surface area (Å²) in [6.07, 6.45) is -1.34. The summed E-state index contributed by atoms with van der Waals surface area (Å²) in [6, 6.07) is 0. The second kappa shape index (κ2) is 7.12. The molecule has 0 unspecified atom stereocenters. The van der Waals surface area contributed by atoms with E-state index in [1.54, 1.807) is 0 Å². The molecule has 8 heteroatoms. The molecule has 0 aromatic heterocycles. The molecule has 4 nitrogen and oxygen atoms in total. The van der Waals surface area contributed by atoms with E-state index in [9.17, 15) is 0 Å². The maximum absolute atomic E-state index is 5.65. The van der Waals surface area contributed by atoms with E-state index in [1.165, 1.54) is 0 Å². The van der Waals surface area contributed by atoms with E-state index in [0.717, 1.165) is 0 Å². The van der Waals surface area contributed by atoms with Crippen LogP contribution in [-0.4, -0.2) is 43.8 Å². The monoisotopic (exact) mass is 278 g/mol. The smallest absolute Gasteiger partial charge is 0.350 e. The molecule has 0 aromatic carbocycles. The van der Waals surface area contributed by atoms with E-state index in [1.807, 2.05) is 39.3 Å². The average molecular weight is 279 g/mol. The first-order chi connectivity index (χ1) is 6.81. The van der Waals surface area contributed by atoms with Gasteiger partial charge in [-0.15, -0.1) is 0 Å². The second-order valence-electron chi connectivity index (χ2n) is 3.63. The van der Waals surface area contributed by atoms with Crippen LogP contribution in [0.4, 0.5) is 0 Å². The molecule has 0 aliphatic carbocycles. The zero-order valence-corrected chi connectivity index (χ0v) is 14.1. The molecule has 0 bridgehead atoms. The Bertz CT molecular complexity index is 150. The third-order valence-corrected chi connectivity index (χ3v) is 3.34. The van der Waals surface area contributed by atoms with Gasteiger partial charge in [0.2, 0.25) is 27.1 Å². The topological polar surface area (TPSA) is 36.9 Å². The van der Waals surface area contributed by atoms with Crippen molar-refractivity contribution in [3.63, 3.8) is 0 Å². The van der Waals surface area contributed by atoms with E-state index < -0.39 is 33.3 Å². The van der Waals surface area contributed by atoms with Gasteiger partial charge in [0.25, 0.3) is 10.5 Å². The Kier molecular flexibility index (Phi) is 7.45. The van der Waals surface area contributed by atoms with Crippen LogP contribution < -0.4 is 0 Å². The summed E-state index contributed by atoms with van der Waals surface area (Å²) in [5.41, 5.74) is 0. The summed E-state index contributed by atoms with van der Waals surface area (Å²) >= 11 is 0. The molecule has 0 aliphatic heterocycles. The van der Waals surface area contributed by atoms with Gasteiger partial charge in [-0.1, -0.05) is 0 Å². The van der Waals surface area contributed by atoms with Crippen LogP contribution in [0.25, 0.3) is 0 Å². The molecule has 6 radical (unpaired) electrons. The van der Waals surface area contributed by atoms with Crippen LogP contribution >= 0.6 is 0 Å². The molecule has 86 valence electrons. The minimum atomic E-state index is -1.34. The van der Waals surface area contributed by atoms with E-state index >= 15 is 0 Å². The fraction of sp³-hybridized carbons (Fsp3) is 1.00. The quantitative estimate of drug-likeness (QED) is 0.522. The van der Waals surface area contributed by atoms with Gasteiger partial charge >= 0.3 is 6.16 Å².